The zero-order valence-corrected chi connectivity index (χ0v) is 22.0. The second-order valence-corrected chi connectivity index (χ2v) is 10.9. The number of para-hydroxylation sites is 1. The zero-order valence-electron chi connectivity index (χ0n) is 22.0. The van der Waals surface area contributed by atoms with Crippen LogP contribution in [0.1, 0.15) is 82.0 Å². The Balaban J connectivity index is 1.37. The first-order valence-electron chi connectivity index (χ1n) is 13.6. The average Bonchev–Trinajstić information content (AvgIpc) is 3.49. The van der Waals surface area contributed by atoms with Gasteiger partial charge in [-0.25, -0.2) is 4.98 Å². The summed E-state index contributed by atoms with van der Waals surface area (Å²) in [6.45, 7) is 4.43. The smallest absolute Gasteiger partial charge is 0.253 e. The largest absolute Gasteiger partial charge is 0.370 e. The third kappa shape index (κ3) is 7.25. The maximum atomic E-state index is 13.3. The van der Waals surface area contributed by atoms with E-state index in [9.17, 15) is 14.4 Å². The lowest BCUT2D eigenvalue weighted by Gasteiger charge is -2.29. The molecule has 0 radical (unpaired) electrons. The number of carbonyl (C=O) groups is 3. The van der Waals surface area contributed by atoms with Gasteiger partial charge in [0.05, 0.1) is 17.7 Å². The summed E-state index contributed by atoms with van der Waals surface area (Å²) in [4.78, 5) is 43.0. The normalized spacial score (nSPS) is 21.5. The Morgan fingerprint density at radius 1 is 1.14 bits per heavy atom. The lowest BCUT2D eigenvalue weighted by atomic mass is 9.80. The summed E-state index contributed by atoms with van der Waals surface area (Å²) in [5, 5.41) is 6.23. The van der Waals surface area contributed by atoms with E-state index < -0.39 is 6.04 Å². The van der Waals surface area contributed by atoms with Crippen LogP contribution in [0.25, 0.3) is 0 Å². The molecule has 7 heteroatoms. The number of hydrogen-bond acceptors (Lipinski definition) is 6. The lowest BCUT2D eigenvalue weighted by Crippen LogP contribution is -2.43. The number of hydrogen-bond donors (Lipinski definition) is 2. The average molecular weight is 506 g/mol. The highest BCUT2D eigenvalue weighted by Crippen LogP contribution is 2.41. The molecule has 37 heavy (non-hydrogen) atoms. The highest BCUT2D eigenvalue weighted by molar-refractivity contribution is 5.98. The number of rotatable bonds is 12. The first-order chi connectivity index (χ1) is 17.9. The van der Waals surface area contributed by atoms with Crippen molar-refractivity contribution in [3.8, 4) is 0 Å². The molecule has 0 unspecified atom stereocenters. The van der Waals surface area contributed by atoms with Gasteiger partial charge in [0.2, 0.25) is 0 Å². The van der Waals surface area contributed by atoms with E-state index >= 15 is 0 Å². The number of nitrogens with zero attached hydrogens (tertiary/aromatic N) is 1. The van der Waals surface area contributed by atoms with Crippen LogP contribution in [0, 0.1) is 11.3 Å². The minimum Gasteiger partial charge on any atom is -0.370 e. The van der Waals surface area contributed by atoms with Crippen LogP contribution in [0.4, 0.5) is 11.5 Å². The van der Waals surface area contributed by atoms with E-state index in [1.165, 1.54) is 6.20 Å². The lowest BCUT2D eigenvalue weighted by molar-refractivity contribution is -0.123. The molecule has 0 spiro atoms. The fourth-order valence-corrected chi connectivity index (χ4v) is 5.72. The summed E-state index contributed by atoms with van der Waals surface area (Å²) in [5.41, 5.74) is 1.39. The van der Waals surface area contributed by atoms with Crippen LogP contribution in [0.3, 0.4) is 0 Å². The predicted molar refractivity (Wildman–Crippen MR) is 144 cm³/mol. The molecule has 2 aromatic rings. The van der Waals surface area contributed by atoms with Crippen LogP contribution in [0.5, 0.6) is 0 Å². The van der Waals surface area contributed by atoms with Gasteiger partial charge in [-0.1, -0.05) is 44.9 Å². The van der Waals surface area contributed by atoms with Crippen molar-refractivity contribution in [1.82, 2.24) is 10.3 Å². The number of carbonyl (C=O) groups excluding carboxylic acids is 3. The summed E-state index contributed by atoms with van der Waals surface area (Å²) in [6.07, 6.45) is 9.02. The molecule has 1 aliphatic heterocycles. The van der Waals surface area contributed by atoms with E-state index in [1.807, 2.05) is 37.3 Å². The Hall–Kier alpha value is -3.06. The van der Waals surface area contributed by atoms with Gasteiger partial charge in [-0.15, -0.1) is 0 Å². The number of ether oxygens (including phenoxy) is 1. The molecule has 2 N–H and O–H groups in total. The molecule has 4 rings (SSSR count). The minimum absolute atomic E-state index is 0.0382. The molecule has 1 saturated carbocycles. The van der Waals surface area contributed by atoms with E-state index in [0.29, 0.717) is 37.1 Å². The van der Waals surface area contributed by atoms with E-state index in [4.69, 9.17) is 4.74 Å². The van der Waals surface area contributed by atoms with Gasteiger partial charge in [-0.05, 0) is 68.2 Å². The molecule has 2 heterocycles. The summed E-state index contributed by atoms with van der Waals surface area (Å²) < 4.78 is 5.58. The monoisotopic (exact) mass is 505 g/mol. The van der Waals surface area contributed by atoms with Crippen LogP contribution in [0.2, 0.25) is 0 Å². The van der Waals surface area contributed by atoms with Crippen molar-refractivity contribution >= 4 is 29.0 Å². The number of Topliss-reactive ketones (excluding diaryl/α,β-unsaturated/α-hetero) is 2. The fourth-order valence-electron chi connectivity index (χ4n) is 5.72. The molecule has 2 aliphatic rings. The third-order valence-corrected chi connectivity index (χ3v) is 7.92. The maximum absolute atomic E-state index is 13.3. The molecule has 1 saturated heterocycles. The van der Waals surface area contributed by atoms with Gasteiger partial charge < -0.3 is 15.4 Å². The van der Waals surface area contributed by atoms with Crippen molar-refractivity contribution < 1.29 is 19.1 Å². The Morgan fingerprint density at radius 3 is 2.57 bits per heavy atom. The number of amides is 1. The van der Waals surface area contributed by atoms with Gasteiger partial charge in [0.1, 0.15) is 12.4 Å². The molecule has 3 atom stereocenters. The molecular weight excluding hydrogens is 466 g/mol. The van der Waals surface area contributed by atoms with Gasteiger partial charge in [0.15, 0.2) is 11.6 Å². The number of benzene rings is 1. The molecule has 1 aliphatic carbocycles. The standard InChI is InChI=1S/C30H39N3O4/c1-3-27-23(26(35)20-37-27)12-9-13-25(34)24(18-30(2)16-7-8-17-30)33-29(36)21-14-15-28(31-19-21)32-22-10-5-4-6-11-22/h4-6,10-11,14-15,19,23-24,27H,3,7-9,12-13,16-18,20H2,1-2H3,(H,31,32)(H,33,36)/t23-,24+,27+/m1/s1. The third-order valence-electron chi connectivity index (χ3n) is 7.92. The Bertz CT molecular complexity index is 1060. The first-order valence-corrected chi connectivity index (χ1v) is 13.6. The van der Waals surface area contributed by atoms with Crippen LogP contribution in [-0.4, -0.2) is 41.2 Å². The van der Waals surface area contributed by atoms with Crippen molar-refractivity contribution in [1.29, 1.82) is 0 Å². The maximum Gasteiger partial charge on any atom is 0.253 e. The Kier molecular flexibility index (Phi) is 9.09. The van der Waals surface area contributed by atoms with E-state index in [0.717, 1.165) is 37.8 Å². The van der Waals surface area contributed by atoms with Crippen molar-refractivity contribution in [2.24, 2.45) is 11.3 Å². The summed E-state index contributed by atoms with van der Waals surface area (Å²) in [5.74, 6) is 0.414. The van der Waals surface area contributed by atoms with Crippen LogP contribution in [-0.2, 0) is 14.3 Å². The van der Waals surface area contributed by atoms with Gasteiger partial charge >= 0.3 is 0 Å². The molecule has 198 valence electrons. The van der Waals surface area contributed by atoms with Crippen LogP contribution in [0.15, 0.2) is 48.7 Å². The molecule has 1 amide bonds. The van der Waals surface area contributed by atoms with Gasteiger partial charge in [-0.3, -0.25) is 14.4 Å². The van der Waals surface area contributed by atoms with Crippen molar-refractivity contribution in [3.05, 3.63) is 54.2 Å². The fraction of sp³-hybridized carbons (Fsp3) is 0.533. The first kappa shape index (κ1) is 27.0. The zero-order chi connectivity index (χ0) is 26.3. The number of nitrogens with one attached hydrogen (secondary N) is 2. The summed E-state index contributed by atoms with van der Waals surface area (Å²) in [6, 6.07) is 12.7. The van der Waals surface area contributed by atoms with E-state index in [2.05, 4.69) is 22.5 Å². The van der Waals surface area contributed by atoms with E-state index in [1.54, 1.807) is 12.1 Å². The number of ketones is 2. The van der Waals surface area contributed by atoms with Gasteiger partial charge in [0, 0.05) is 24.2 Å². The predicted octanol–water partition coefficient (Wildman–Crippen LogP) is 5.63. The summed E-state index contributed by atoms with van der Waals surface area (Å²) >= 11 is 0. The van der Waals surface area contributed by atoms with Gasteiger partial charge in [-0.2, -0.15) is 0 Å². The van der Waals surface area contributed by atoms with Crippen molar-refractivity contribution in [3.63, 3.8) is 0 Å². The van der Waals surface area contributed by atoms with Gasteiger partial charge in [0.25, 0.3) is 5.91 Å². The van der Waals surface area contributed by atoms with Crippen LogP contribution < -0.4 is 10.6 Å². The SMILES string of the molecule is CC[C@@H]1OCC(=O)[C@H]1CCCC(=O)[C@H](CC1(C)CCCC1)NC(=O)c1ccc(Nc2ccccc2)nc1. The van der Waals surface area contributed by atoms with E-state index in [-0.39, 0.29) is 41.5 Å². The molecule has 1 aromatic heterocycles. The highest BCUT2D eigenvalue weighted by atomic mass is 16.5. The summed E-state index contributed by atoms with van der Waals surface area (Å²) in [7, 11) is 0. The number of aromatic nitrogens is 1. The second-order valence-electron chi connectivity index (χ2n) is 10.9. The number of pyridine rings is 1. The number of anilines is 2. The molecule has 7 nitrogen and oxygen atoms in total. The molecule has 0 bridgehead atoms. The minimum atomic E-state index is -0.546. The van der Waals surface area contributed by atoms with Crippen LogP contribution >= 0.6 is 0 Å². The van der Waals surface area contributed by atoms with Crippen molar-refractivity contribution in [2.45, 2.75) is 83.8 Å². The molecular formula is C30H39N3O4. The van der Waals surface area contributed by atoms with Crippen molar-refractivity contribution in [2.75, 3.05) is 11.9 Å². The topological polar surface area (TPSA) is 97.4 Å². The molecule has 2 fully saturated rings. The molecule has 1 aromatic carbocycles. The second kappa shape index (κ2) is 12.5. The highest BCUT2D eigenvalue weighted by Gasteiger charge is 2.36. The quantitative estimate of drug-likeness (QED) is 0.388. The Labute approximate surface area is 219 Å². The Morgan fingerprint density at radius 2 is 1.89 bits per heavy atom.